The molecule has 1 aromatic rings. The molecular weight excluding hydrogens is 176 g/mol. The van der Waals surface area contributed by atoms with Crippen molar-refractivity contribution in [2.75, 3.05) is 0 Å². The first kappa shape index (κ1) is 9.15. The van der Waals surface area contributed by atoms with E-state index in [2.05, 4.69) is 4.98 Å². The van der Waals surface area contributed by atoms with Gasteiger partial charge in [-0.05, 0) is 19.1 Å². The second-order valence-electron chi connectivity index (χ2n) is 2.49. The van der Waals surface area contributed by atoms with Crippen LogP contribution >= 0.6 is 0 Å². The molecule has 0 aromatic carbocycles. The van der Waals surface area contributed by atoms with Gasteiger partial charge in [0.25, 0.3) is 0 Å². The van der Waals surface area contributed by atoms with Crippen molar-refractivity contribution in [2.24, 2.45) is 5.14 Å². The van der Waals surface area contributed by atoms with E-state index < -0.39 is 15.3 Å². The summed E-state index contributed by atoms with van der Waals surface area (Å²) < 4.78 is 21.7. The Balaban J connectivity index is 3.02. The maximum atomic E-state index is 10.9. The van der Waals surface area contributed by atoms with Gasteiger partial charge in [0, 0.05) is 6.20 Å². The molecule has 12 heavy (non-hydrogen) atoms. The third-order valence-electron chi connectivity index (χ3n) is 1.60. The summed E-state index contributed by atoms with van der Waals surface area (Å²) in [6.07, 6.45) is 1.54. The van der Waals surface area contributed by atoms with Gasteiger partial charge in [-0.2, -0.15) is 0 Å². The van der Waals surface area contributed by atoms with Crippen LogP contribution in [0.25, 0.3) is 0 Å². The SMILES string of the molecule is C[C@H](c1ccccn1)S(N)(=O)=O. The van der Waals surface area contributed by atoms with Crippen LogP contribution in [0.5, 0.6) is 0 Å². The van der Waals surface area contributed by atoms with E-state index in [1.165, 1.54) is 13.1 Å². The Morgan fingerprint density at radius 2 is 2.17 bits per heavy atom. The van der Waals surface area contributed by atoms with Crippen molar-refractivity contribution in [3.63, 3.8) is 0 Å². The lowest BCUT2D eigenvalue weighted by Gasteiger charge is -2.06. The van der Waals surface area contributed by atoms with Gasteiger partial charge in [0.05, 0.1) is 5.69 Å². The Kier molecular flexibility index (Phi) is 2.44. The highest BCUT2D eigenvalue weighted by Crippen LogP contribution is 2.15. The molecular formula is C7H10N2O2S. The molecule has 1 aromatic heterocycles. The van der Waals surface area contributed by atoms with E-state index in [1.54, 1.807) is 18.2 Å². The van der Waals surface area contributed by atoms with Crippen LogP contribution in [0.3, 0.4) is 0 Å². The molecule has 1 rings (SSSR count). The Morgan fingerprint density at radius 3 is 2.58 bits per heavy atom. The van der Waals surface area contributed by atoms with Crippen molar-refractivity contribution >= 4 is 10.0 Å². The Morgan fingerprint density at radius 1 is 1.50 bits per heavy atom. The van der Waals surface area contributed by atoms with Crippen LogP contribution in [0.4, 0.5) is 0 Å². The molecule has 0 saturated carbocycles. The van der Waals surface area contributed by atoms with Gasteiger partial charge < -0.3 is 0 Å². The molecule has 66 valence electrons. The summed E-state index contributed by atoms with van der Waals surface area (Å²) in [4.78, 5) is 3.89. The number of hydrogen-bond acceptors (Lipinski definition) is 3. The van der Waals surface area contributed by atoms with Gasteiger partial charge >= 0.3 is 0 Å². The molecule has 0 bridgehead atoms. The lowest BCUT2D eigenvalue weighted by molar-refractivity contribution is 0.586. The molecule has 0 unspecified atom stereocenters. The molecule has 2 N–H and O–H groups in total. The van der Waals surface area contributed by atoms with Crippen LogP contribution in [-0.4, -0.2) is 13.4 Å². The number of sulfonamides is 1. The zero-order valence-corrected chi connectivity index (χ0v) is 7.45. The average Bonchev–Trinajstić information content (AvgIpc) is 2.03. The lowest BCUT2D eigenvalue weighted by Crippen LogP contribution is -2.19. The molecule has 4 nitrogen and oxygen atoms in total. The molecule has 0 aliphatic carbocycles. The second-order valence-corrected chi connectivity index (χ2v) is 4.37. The number of nitrogens with zero attached hydrogens (tertiary/aromatic N) is 1. The van der Waals surface area contributed by atoms with E-state index in [1.807, 2.05) is 0 Å². The van der Waals surface area contributed by atoms with Gasteiger partial charge in [0.2, 0.25) is 10.0 Å². The Labute approximate surface area is 71.5 Å². The van der Waals surface area contributed by atoms with Crippen molar-refractivity contribution in [2.45, 2.75) is 12.2 Å². The van der Waals surface area contributed by atoms with E-state index in [4.69, 9.17) is 5.14 Å². The summed E-state index contributed by atoms with van der Waals surface area (Å²) in [5.74, 6) is 0. The summed E-state index contributed by atoms with van der Waals surface area (Å²) in [5.41, 5.74) is 0.472. The van der Waals surface area contributed by atoms with Gasteiger partial charge in [-0.25, -0.2) is 13.6 Å². The minimum atomic E-state index is -3.52. The monoisotopic (exact) mass is 186 g/mol. The van der Waals surface area contributed by atoms with Gasteiger partial charge in [0.1, 0.15) is 5.25 Å². The largest absolute Gasteiger partial charge is 0.260 e. The highest BCUT2D eigenvalue weighted by molar-refractivity contribution is 7.89. The smallest absolute Gasteiger partial charge is 0.217 e. The topological polar surface area (TPSA) is 73.0 Å². The lowest BCUT2D eigenvalue weighted by atomic mass is 10.3. The highest BCUT2D eigenvalue weighted by Gasteiger charge is 2.18. The maximum Gasteiger partial charge on any atom is 0.217 e. The number of aromatic nitrogens is 1. The Bertz CT molecular complexity index is 347. The van der Waals surface area contributed by atoms with Crippen molar-refractivity contribution in [3.8, 4) is 0 Å². The summed E-state index contributed by atoms with van der Waals surface area (Å²) in [6, 6.07) is 5.08. The number of pyridine rings is 1. The fourth-order valence-electron chi connectivity index (χ4n) is 0.785. The van der Waals surface area contributed by atoms with Crippen LogP contribution in [-0.2, 0) is 10.0 Å². The van der Waals surface area contributed by atoms with E-state index in [9.17, 15) is 8.42 Å². The molecule has 1 atom stereocenters. The van der Waals surface area contributed by atoms with Crippen LogP contribution in [0.15, 0.2) is 24.4 Å². The predicted octanol–water partition coefficient (Wildman–Crippen LogP) is 0.431. The van der Waals surface area contributed by atoms with Crippen molar-refractivity contribution in [1.29, 1.82) is 0 Å². The van der Waals surface area contributed by atoms with Gasteiger partial charge in [-0.3, -0.25) is 4.98 Å². The minimum absolute atomic E-state index is 0.472. The summed E-state index contributed by atoms with van der Waals surface area (Å²) >= 11 is 0. The first-order valence-corrected chi connectivity index (χ1v) is 5.05. The first-order chi connectivity index (χ1) is 5.52. The second kappa shape index (κ2) is 3.20. The molecule has 0 aliphatic heterocycles. The molecule has 0 spiro atoms. The number of rotatable bonds is 2. The number of nitrogens with two attached hydrogens (primary N) is 1. The van der Waals surface area contributed by atoms with Crippen molar-refractivity contribution < 1.29 is 8.42 Å². The van der Waals surface area contributed by atoms with E-state index >= 15 is 0 Å². The zero-order valence-electron chi connectivity index (χ0n) is 6.64. The fraction of sp³-hybridized carbons (Fsp3) is 0.286. The third kappa shape index (κ3) is 2.02. The van der Waals surface area contributed by atoms with Gasteiger partial charge in [0.15, 0.2) is 0 Å². The molecule has 0 aliphatic rings. The third-order valence-corrected chi connectivity index (χ3v) is 2.82. The zero-order chi connectivity index (χ0) is 9.19. The predicted molar refractivity (Wildman–Crippen MR) is 45.8 cm³/mol. The fourth-order valence-corrected chi connectivity index (χ4v) is 1.26. The maximum absolute atomic E-state index is 10.9. The van der Waals surface area contributed by atoms with Crippen molar-refractivity contribution in [3.05, 3.63) is 30.1 Å². The first-order valence-electron chi connectivity index (χ1n) is 3.44. The van der Waals surface area contributed by atoms with E-state index in [0.717, 1.165) is 0 Å². The minimum Gasteiger partial charge on any atom is -0.260 e. The quantitative estimate of drug-likeness (QED) is 0.728. The molecule has 1 heterocycles. The normalized spacial score (nSPS) is 14.2. The molecule has 0 amide bonds. The molecule has 0 radical (unpaired) electrons. The van der Waals surface area contributed by atoms with Crippen LogP contribution in [0, 0.1) is 0 Å². The average molecular weight is 186 g/mol. The van der Waals surface area contributed by atoms with E-state index in [-0.39, 0.29) is 0 Å². The van der Waals surface area contributed by atoms with Crippen LogP contribution < -0.4 is 5.14 Å². The summed E-state index contributed by atoms with van der Waals surface area (Å²) in [6.45, 7) is 1.51. The van der Waals surface area contributed by atoms with Crippen molar-refractivity contribution in [1.82, 2.24) is 4.98 Å². The molecule has 0 saturated heterocycles. The standard InChI is InChI=1S/C7H10N2O2S/c1-6(12(8,10)11)7-4-2-3-5-9-7/h2-6H,1H3,(H2,8,10,11)/t6-/m1/s1. The van der Waals surface area contributed by atoms with Crippen LogP contribution in [0.1, 0.15) is 17.9 Å². The molecule has 0 fully saturated rings. The number of primary sulfonamides is 1. The van der Waals surface area contributed by atoms with Crippen LogP contribution in [0.2, 0.25) is 0 Å². The Hall–Kier alpha value is -0.940. The summed E-state index contributed by atoms with van der Waals surface area (Å²) in [7, 11) is -3.52. The highest BCUT2D eigenvalue weighted by atomic mass is 32.2. The van der Waals surface area contributed by atoms with Gasteiger partial charge in [-0.15, -0.1) is 0 Å². The molecule has 5 heteroatoms. The van der Waals surface area contributed by atoms with E-state index in [0.29, 0.717) is 5.69 Å². The summed E-state index contributed by atoms with van der Waals surface area (Å²) in [5, 5.41) is 4.21. The number of hydrogen-bond donors (Lipinski definition) is 1. The van der Waals surface area contributed by atoms with Gasteiger partial charge in [-0.1, -0.05) is 6.07 Å².